The number of fused-ring (bicyclic) bond motifs is 1. The molecule has 0 unspecified atom stereocenters. The number of carbonyl (C=O) groups is 3. The normalized spacial score (nSPS) is 10.7. The van der Waals surface area contributed by atoms with E-state index in [0.717, 1.165) is 35.8 Å². The van der Waals surface area contributed by atoms with Gasteiger partial charge in [-0.05, 0) is 101 Å². The summed E-state index contributed by atoms with van der Waals surface area (Å²) in [5, 5.41) is 0.820. The summed E-state index contributed by atoms with van der Waals surface area (Å²) in [7, 11) is 0. The van der Waals surface area contributed by atoms with Crippen molar-refractivity contribution in [3.8, 4) is 16.9 Å². The molecule has 8 heteroatoms. The predicted octanol–water partition coefficient (Wildman–Crippen LogP) is 6.47. The molecule has 0 radical (unpaired) electrons. The van der Waals surface area contributed by atoms with Crippen molar-refractivity contribution in [2.75, 3.05) is 13.2 Å². The minimum Gasteiger partial charge on any atom is -0.462 e. The predicted molar refractivity (Wildman–Crippen MR) is 165 cm³/mol. The van der Waals surface area contributed by atoms with Crippen LogP contribution >= 0.6 is 0 Å². The molecule has 8 nitrogen and oxygen atoms in total. The largest absolute Gasteiger partial charge is 0.524 e. The third-order valence-corrected chi connectivity index (χ3v) is 6.57. The molecule has 0 saturated heterocycles. The molecule has 0 fully saturated rings. The Balaban J connectivity index is 1.83. The third kappa shape index (κ3) is 9.67. The topological polar surface area (TPSA) is 113 Å². The second kappa shape index (κ2) is 15.5. The van der Waals surface area contributed by atoms with Crippen molar-refractivity contribution in [2.24, 2.45) is 0 Å². The van der Waals surface area contributed by atoms with Crippen LogP contribution in [-0.4, -0.2) is 35.9 Å². The lowest BCUT2D eigenvalue weighted by atomic mass is 9.97. The Morgan fingerprint density at radius 3 is 1.86 bits per heavy atom. The van der Waals surface area contributed by atoms with Gasteiger partial charge in [0.25, 0.3) is 5.58 Å². The molecule has 0 atom stereocenters. The summed E-state index contributed by atoms with van der Waals surface area (Å²) in [6.45, 7) is 16.2. The molecule has 0 spiro atoms. The molecular formula is C35H39O8+. The number of rotatable bonds is 15. The van der Waals surface area contributed by atoms with Crippen LogP contribution in [0, 0.1) is 0 Å². The van der Waals surface area contributed by atoms with Gasteiger partial charge in [-0.3, -0.25) is 4.42 Å². The van der Waals surface area contributed by atoms with Gasteiger partial charge in [-0.1, -0.05) is 31.9 Å². The number of hydrogen-bond acceptors (Lipinski definition) is 7. The van der Waals surface area contributed by atoms with E-state index < -0.39 is 17.9 Å². The Kier molecular flexibility index (Phi) is 11.8. The molecule has 0 amide bonds. The number of unbranched alkanes of at least 4 members (excludes halogenated alkanes) is 2. The SMILES string of the molecule is C=C(C)C(=O)OCCCCc1cc(CCCCOC(=O)C(=C)C)c2oc(=[OH+])c(-c3ccc(OC(=O)C(=C)C)cc3)cc2c1. The van der Waals surface area contributed by atoms with Crippen molar-refractivity contribution >= 4 is 28.9 Å². The molecule has 0 bridgehead atoms. The van der Waals surface area contributed by atoms with Crippen molar-refractivity contribution in [3.63, 3.8) is 0 Å². The van der Waals surface area contributed by atoms with E-state index in [4.69, 9.17) is 18.6 Å². The van der Waals surface area contributed by atoms with Gasteiger partial charge >= 0.3 is 23.5 Å². The molecule has 2 aromatic carbocycles. The Morgan fingerprint density at radius 2 is 1.30 bits per heavy atom. The van der Waals surface area contributed by atoms with Gasteiger partial charge < -0.3 is 19.0 Å². The van der Waals surface area contributed by atoms with Crippen LogP contribution in [0.25, 0.3) is 22.1 Å². The second-order valence-electron chi connectivity index (χ2n) is 10.6. The highest BCUT2D eigenvalue weighted by molar-refractivity contribution is 5.89. The monoisotopic (exact) mass is 587 g/mol. The van der Waals surface area contributed by atoms with Gasteiger partial charge in [0.05, 0.1) is 13.2 Å². The van der Waals surface area contributed by atoms with Crippen LogP contribution < -0.4 is 10.4 Å². The van der Waals surface area contributed by atoms with Crippen LogP contribution in [0.3, 0.4) is 0 Å². The Hall–Kier alpha value is -4.72. The summed E-state index contributed by atoms with van der Waals surface area (Å²) in [5.74, 6) is -0.950. The molecule has 3 aromatic rings. The molecule has 1 N–H and O–H groups in total. The zero-order chi connectivity index (χ0) is 31.5. The average Bonchev–Trinajstić information content (AvgIpc) is 2.96. The summed E-state index contributed by atoms with van der Waals surface area (Å²) >= 11 is 0. The van der Waals surface area contributed by atoms with E-state index in [0.29, 0.717) is 65.0 Å². The van der Waals surface area contributed by atoms with E-state index in [2.05, 4.69) is 25.8 Å². The average molecular weight is 588 g/mol. The third-order valence-electron chi connectivity index (χ3n) is 6.57. The molecule has 1 heterocycles. The quantitative estimate of drug-likeness (QED) is 0.0500. The highest BCUT2D eigenvalue weighted by Crippen LogP contribution is 2.28. The summed E-state index contributed by atoms with van der Waals surface area (Å²) < 4.78 is 21.7. The van der Waals surface area contributed by atoms with Crippen LogP contribution in [0.1, 0.15) is 57.6 Å². The lowest BCUT2D eigenvalue weighted by molar-refractivity contribution is -0.139. The van der Waals surface area contributed by atoms with Crippen LogP contribution in [0.2, 0.25) is 0 Å². The zero-order valence-electron chi connectivity index (χ0n) is 25.1. The summed E-state index contributed by atoms with van der Waals surface area (Å²) in [5.41, 5.74) is 4.56. The standard InChI is InChI=1S/C35H38O8/c1-22(2)32(36)40-17-9-7-11-25-19-27(12-8-10-18-41-33(37)23(3)4)31-28(20-25)21-30(35(39)43-31)26-13-15-29(16-14-26)42-34(38)24(5)6/h13-16,19-21H,1,3,5,7-12,17-18H2,2,4,6H3/p+1. The second-order valence-corrected chi connectivity index (χ2v) is 10.6. The Labute approximate surface area is 251 Å². The molecule has 226 valence electrons. The minimum absolute atomic E-state index is 0.233. The maximum Gasteiger partial charge on any atom is 0.524 e. The van der Waals surface area contributed by atoms with Gasteiger partial charge in [0.2, 0.25) is 0 Å². The van der Waals surface area contributed by atoms with E-state index in [1.807, 2.05) is 12.1 Å². The van der Waals surface area contributed by atoms with E-state index in [1.165, 1.54) is 0 Å². The first-order valence-corrected chi connectivity index (χ1v) is 14.2. The van der Waals surface area contributed by atoms with Crippen LogP contribution in [-0.2, 0) is 36.7 Å². The minimum atomic E-state index is -0.515. The van der Waals surface area contributed by atoms with Gasteiger partial charge in [-0.15, -0.1) is 0 Å². The van der Waals surface area contributed by atoms with Gasteiger partial charge in [0.15, 0.2) is 0 Å². The molecule has 43 heavy (non-hydrogen) atoms. The lowest BCUT2D eigenvalue weighted by Crippen LogP contribution is -2.09. The van der Waals surface area contributed by atoms with Gasteiger partial charge in [0, 0.05) is 27.7 Å². The number of hydrogen-bond donors (Lipinski definition) is 0. The van der Waals surface area contributed by atoms with Crippen molar-refractivity contribution in [2.45, 2.75) is 59.3 Å². The highest BCUT2D eigenvalue weighted by Gasteiger charge is 2.19. The van der Waals surface area contributed by atoms with Gasteiger partial charge in [-0.25, -0.2) is 14.4 Å². The first kappa shape index (κ1) is 32.8. The van der Waals surface area contributed by atoms with Crippen LogP contribution in [0.15, 0.2) is 83.3 Å². The molecule has 1 aromatic heterocycles. The molecule has 0 saturated carbocycles. The van der Waals surface area contributed by atoms with Gasteiger partial charge in [0.1, 0.15) is 11.3 Å². The summed E-state index contributed by atoms with van der Waals surface area (Å²) in [6, 6.07) is 12.7. The first-order valence-electron chi connectivity index (χ1n) is 14.2. The number of ether oxygens (including phenoxy) is 3. The van der Waals surface area contributed by atoms with E-state index in [1.54, 1.807) is 45.0 Å². The number of benzene rings is 2. The first-order chi connectivity index (χ1) is 20.5. The number of aryl methyl sites for hydroxylation is 2. The van der Waals surface area contributed by atoms with Crippen molar-refractivity contribution < 1.29 is 37.8 Å². The highest BCUT2D eigenvalue weighted by atomic mass is 16.5. The Morgan fingerprint density at radius 1 is 0.744 bits per heavy atom. The maximum absolute atomic E-state index is 11.8. The van der Waals surface area contributed by atoms with E-state index >= 15 is 0 Å². The molecule has 3 rings (SSSR count). The van der Waals surface area contributed by atoms with Crippen molar-refractivity contribution in [3.05, 3.63) is 95.7 Å². The van der Waals surface area contributed by atoms with Crippen molar-refractivity contribution in [1.29, 1.82) is 0 Å². The smallest absolute Gasteiger partial charge is 0.462 e. The lowest BCUT2D eigenvalue weighted by Gasteiger charge is -2.09. The van der Waals surface area contributed by atoms with Gasteiger partial charge in [-0.2, -0.15) is 0 Å². The molecule has 0 aliphatic heterocycles. The van der Waals surface area contributed by atoms with E-state index in [9.17, 15) is 19.2 Å². The fourth-order valence-electron chi connectivity index (χ4n) is 4.24. The van der Waals surface area contributed by atoms with Crippen molar-refractivity contribution in [1.82, 2.24) is 0 Å². The fourth-order valence-corrected chi connectivity index (χ4v) is 4.24. The Bertz CT molecular complexity index is 1590. The van der Waals surface area contributed by atoms with E-state index in [-0.39, 0.29) is 12.2 Å². The molecular weight excluding hydrogens is 548 g/mol. The molecule has 0 aliphatic rings. The number of esters is 3. The number of carbonyl (C=O) groups excluding carboxylic acids is 3. The van der Waals surface area contributed by atoms with Crippen LogP contribution in [0.5, 0.6) is 5.75 Å². The van der Waals surface area contributed by atoms with Crippen LogP contribution in [0.4, 0.5) is 0 Å². The fraction of sp³-hybridized carbons (Fsp3) is 0.314. The molecule has 0 aliphatic carbocycles. The summed E-state index contributed by atoms with van der Waals surface area (Å²) in [6.07, 6.45) is 4.30. The maximum atomic E-state index is 11.8. The summed E-state index contributed by atoms with van der Waals surface area (Å²) in [4.78, 5) is 46.0. The zero-order valence-corrected chi connectivity index (χ0v) is 25.1.